The molecular formula is C12H19N3O3S2. The van der Waals surface area contributed by atoms with Crippen molar-refractivity contribution in [2.45, 2.75) is 6.54 Å². The molecule has 1 rings (SSSR count). The van der Waals surface area contributed by atoms with Gasteiger partial charge >= 0.3 is 0 Å². The number of thiocarbonyl (C=S) groups is 1. The highest BCUT2D eigenvalue weighted by atomic mass is 32.2. The van der Waals surface area contributed by atoms with Gasteiger partial charge < -0.3 is 10.5 Å². The molecule has 20 heavy (non-hydrogen) atoms. The molecule has 0 amide bonds. The van der Waals surface area contributed by atoms with Crippen LogP contribution in [0.5, 0.6) is 0 Å². The third-order valence-corrected chi connectivity index (χ3v) is 4.37. The van der Waals surface area contributed by atoms with Crippen molar-refractivity contribution in [3.63, 3.8) is 0 Å². The lowest BCUT2D eigenvalue weighted by Gasteiger charge is -2.18. The van der Waals surface area contributed by atoms with E-state index in [4.69, 9.17) is 22.7 Å². The van der Waals surface area contributed by atoms with Gasteiger partial charge in [0, 0.05) is 32.8 Å². The van der Waals surface area contributed by atoms with Crippen molar-refractivity contribution in [2.75, 3.05) is 27.3 Å². The Morgan fingerprint density at radius 1 is 1.50 bits per heavy atom. The number of benzene rings is 1. The maximum absolute atomic E-state index is 11.9. The molecule has 1 aromatic carbocycles. The Hall–Kier alpha value is -1.06. The Morgan fingerprint density at radius 2 is 2.20 bits per heavy atom. The predicted octanol–water partition coefficient (Wildman–Crippen LogP) is 0.233. The molecule has 6 nitrogen and oxygen atoms in total. The molecule has 0 bridgehead atoms. The van der Waals surface area contributed by atoms with Gasteiger partial charge in [-0.15, -0.1) is 0 Å². The first-order chi connectivity index (χ1) is 9.36. The second-order valence-electron chi connectivity index (χ2n) is 4.21. The summed E-state index contributed by atoms with van der Waals surface area (Å²) in [5.41, 5.74) is 7.09. The summed E-state index contributed by atoms with van der Waals surface area (Å²) in [4.78, 5) is 0.288. The van der Waals surface area contributed by atoms with Gasteiger partial charge in [0.25, 0.3) is 10.2 Å². The Morgan fingerprint density at radius 3 is 2.80 bits per heavy atom. The van der Waals surface area contributed by atoms with E-state index >= 15 is 0 Å². The fourth-order valence-corrected chi connectivity index (χ4v) is 2.56. The highest BCUT2D eigenvalue weighted by molar-refractivity contribution is 7.87. The van der Waals surface area contributed by atoms with Gasteiger partial charge in [-0.1, -0.05) is 30.4 Å². The van der Waals surface area contributed by atoms with E-state index in [0.29, 0.717) is 6.61 Å². The zero-order valence-corrected chi connectivity index (χ0v) is 13.1. The van der Waals surface area contributed by atoms with Crippen LogP contribution in [0.4, 0.5) is 0 Å². The number of nitrogens with zero attached hydrogens (tertiary/aromatic N) is 1. The van der Waals surface area contributed by atoms with Crippen molar-refractivity contribution in [2.24, 2.45) is 5.73 Å². The third-order valence-electron chi connectivity index (χ3n) is 2.62. The van der Waals surface area contributed by atoms with Crippen LogP contribution in [0.1, 0.15) is 11.1 Å². The van der Waals surface area contributed by atoms with Crippen LogP contribution in [0, 0.1) is 0 Å². The first kappa shape index (κ1) is 17.0. The molecule has 0 spiro atoms. The van der Waals surface area contributed by atoms with Gasteiger partial charge in [0.1, 0.15) is 4.99 Å². The van der Waals surface area contributed by atoms with E-state index in [1.165, 1.54) is 18.5 Å². The zero-order chi connectivity index (χ0) is 15.2. The van der Waals surface area contributed by atoms with Gasteiger partial charge in [0.15, 0.2) is 0 Å². The minimum Gasteiger partial charge on any atom is -0.389 e. The molecule has 0 aromatic heterocycles. The average Bonchev–Trinajstić information content (AvgIpc) is 2.39. The van der Waals surface area contributed by atoms with Gasteiger partial charge in [-0.2, -0.15) is 17.4 Å². The summed E-state index contributed by atoms with van der Waals surface area (Å²) in [7, 11) is -0.509. The fraction of sp³-hybridized carbons (Fsp3) is 0.417. The van der Waals surface area contributed by atoms with Crippen molar-refractivity contribution in [1.82, 2.24) is 9.03 Å². The number of hydrogen-bond donors (Lipinski definition) is 2. The van der Waals surface area contributed by atoms with Crippen LogP contribution in [-0.4, -0.2) is 45.0 Å². The minimum absolute atomic E-state index is 0.232. The Balaban J connectivity index is 2.72. The number of methoxy groups -OCH3 is 1. The standard InChI is InChI=1S/C12H19N3O3S2/c1-15(20(16,17)14-6-7-18-2)9-10-4-3-5-11(8-10)12(13)19/h3-5,8,14H,6-7,9H2,1-2H3,(H2,13,19). The number of hydrogen-bond acceptors (Lipinski definition) is 4. The zero-order valence-electron chi connectivity index (χ0n) is 11.5. The summed E-state index contributed by atoms with van der Waals surface area (Å²) < 4.78 is 32.3. The second kappa shape index (κ2) is 7.65. The van der Waals surface area contributed by atoms with Gasteiger partial charge in [0.05, 0.1) is 6.61 Å². The summed E-state index contributed by atoms with van der Waals surface area (Å²) in [5, 5.41) is 0. The fourth-order valence-electron chi connectivity index (χ4n) is 1.55. The summed E-state index contributed by atoms with van der Waals surface area (Å²) in [6.07, 6.45) is 0. The van der Waals surface area contributed by atoms with Gasteiger partial charge in [-0.25, -0.2) is 0 Å². The minimum atomic E-state index is -3.52. The van der Waals surface area contributed by atoms with Crippen LogP contribution in [0.2, 0.25) is 0 Å². The molecular weight excluding hydrogens is 298 g/mol. The molecule has 112 valence electrons. The van der Waals surface area contributed by atoms with Crippen LogP contribution in [-0.2, 0) is 21.5 Å². The van der Waals surface area contributed by atoms with Crippen molar-refractivity contribution in [3.8, 4) is 0 Å². The molecule has 1 aromatic rings. The van der Waals surface area contributed by atoms with E-state index in [-0.39, 0.29) is 18.1 Å². The molecule has 0 fully saturated rings. The van der Waals surface area contributed by atoms with Crippen molar-refractivity contribution < 1.29 is 13.2 Å². The maximum Gasteiger partial charge on any atom is 0.279 e. The van der Waals surface area contributed by atoms with E-state index in [9.17, 15) is 8.42 Å². The first-order valence-corrected chi connectivity index (χ1v) is 7.80. The SMILES string of the molecule is COCCNS(=O)(=O)N(C)Cc1cccc(C(N)=S)c1. The first-order valence-electron chi connectivity index (χ1n) is 5.95. The van der Waals surface area contributed by atoms with E-state index in [1.54, 1.807) is 18.2 Å². The summed E-state index contributed by atoms with van der Waals surface area (Å²) in [6, 6.07) is 7.19. The highest BCUT2D eigenvalue weighted by Crippen LogP contribution is 2.09. The van der Waals surface area contributed by atoms with Crippen LogP contribution in [0.25, 0.3) is 0 Å². The van der Waals surface area contributed by atoms with Crippen molar-refractivity contribution >= 4 is 27.4 Å². The Labute approximate surface area is 125 Å². The molecule has 0 saturated carbocycles. The second-order valence-corrected chi connectivity index (χ2v) is 6.51. The Bertz CT molecular complexity index is 561. The summed E-state index contributed by atoms with van der Waals surface area (Å²) >= 11 is 4.90. The molecule has 0 radical (unpaired) electrons. The number of nitrogens with two attached hydrogens (primary N) is 1. The number of nitrogens with one attached hydrogen (secondary N) is 1. The summed E-state index contributed by atoms with van der Waals surface area (Å²) in [6.45, 7) is 0.791. The molecule has 0 saturated heterocycles. The predicted molar refractivity (Wildman–Crippen MR) is 82.6 cm³/mol. The van der Waals surface area contributed by atoms with E-state index in [2.05, 4.69) is 4.72 Å². The smallest absolute Gasteiger partial charge is 0.279 e. The normalized spacial score (nSPS) is 11.8. The molecule has 0 aliphatic heterocycles. The molecule has 0 heterocycles. The molecule has 0 unspecified atom stereocenters. The van der Waals surface area contributed by atoms with E-state index < -0.39 is 10.2 Å². The van der Waals surface area contributed by atoms with Gasteiger partial charge in [-0.05, 0) is 11.6 Å². The molecule has 0 aliphatic carbocycles. The lowest BCUT2D eigenvalue weighted by Crippen LogP contribution is -2.39. The van der Waals surface area contributed by atoms with Gasteiger partial charge in [0.2, 0.25) is 0 Å². The highest BCUT2D eigenvalue weighted by Gasteiger charge is 2.17. The van der Waals surface area contributed by atoms with Crippen LogP contribution in [0.15, 0.2) is 24.3 Å². The lowest BCUT2D eigenvalue weighted by atomic mass is 10.1. The van der Waals surface area contributed by atoms with Crippen LogP contribution >= 0.6 is 12.2 Å². The topological polar surface area (TPSA) is 84.7 Å². The average molecular weight is 317 g/mol. The Kier molecular flexibility index (Phi) is 6.50. The molecule has 0 atom stereocenters. The third kappa shape index (κ3) is 5.14. The lowest BCUT2D eigenvalue weighted by molar-refractivity contribution is 0.204. The quantitative estimate of drug-likeness (QED) is 0.530. The van der Waals surface area contributed by atoms with Crippen LogP contribution in [0.3, 0.4) is 0 Å². The van der Waals surface area contributed by atoms with E-state index in [0.717, 1.165) is 11.1 Å². The number of rotatable bonds is 8. The van der Waals surface area contributed by atoms with E-state index in [1.807, 2.05) is 6.07 Å². The molecule has 3 N–H and O–H groups in total. The monoisotopic (exact) mass is 317 g/mol. The van der Waals surface area contributed by atoms with Crippen LogP contribution < -0.4 is 10.5 Å². The number of ether oxygens (including phenoxy) is 1. The maximum atomic E-state index is 11.9. The molecule has 8 heteroatoms. The van der Waals surface area contributed by atoms with Crippen molar-refractivity contribution in [1.29, 1.82) is 0 Å². The van der Waals surface area contributed by atoms with Crippen molar-refractivity contribution in [3.05, 3.63) is 35.4 Å². The summed E-state index contributed by atoms with van der Waals surface area (Å²) in [5.74, 6) is 0. The molecule has 0 aliphatic rings. The van der Waals surface area contributed by atoms with Gasteiger partial charge in [-0.3, -0.25) is 0 Å². The largest absolute Gasteiger partial charge is 0.389 e.